The average Bonchev–Trinajstić information content (AvgIpc) is 2.63. The third kappa shape index (κ3) is 4.00. The Bertz CT molecular complexity index is 901. The Kier molecular flexibility index (Phi) is 5.55. The first-order valence-corrected chi connectivity index (χ1v) is 9.34. The molecule has 0 radical (unpaired) electrons. The molecule has 142 valence electrons. The van der Waals surface area contributed by atoms with E-state index in [1.54, 1.807) is 25.3 Å². The van der Waals surface area contributed by atoms with Crippen LogP contribution in [-0.2, 0) is 9.59 Å². The average molecular weight is 387 g/mol. The molecule has 0 bridgehead atoms. The Labute approximate surface area is 162 Å². The van der Waals surface area contributed by atoms with Crippen molar-refractivity contribution in [3.63, 3.8) is 0 Å². The largest absolute Gasteiger partial charge is 0.493 e. The van der Waals surface area contributed by atoms with Gasteiger partial charge in [0.2, 0.25) is 11.8 Å². The van der Waals surface area contributed by atoms with E-state index in [1.807, 2.05) is 19.9 Å². The van der Waals surface area contributed by atoms with Gasteiger partial charge in [0.1, 0.15) is 11.6 Å². The Balaban J connectivity index is 1.80. The van der Waals surface area contributed by atoms with Gasteiger partial charge in [-0.1, -0.05) is 11.8 Å². The van der Waals surface area contributed by atoms with E-state index in [4.69, 9.17) is 9.47 Å². The van der Waals surface area contributed by atoms with Gasteiger partial charge in [-0.2, -0.15) is 0 Å². The molecule has 3 rings (SSSR count). The molecule has 0 fully saturated rings. The summed E-state index contributed by atoms with van der Waals surface area (Å²) in [4.78, 5) is 31.0. The van der Waals surface area contributed by atoms with Crippen molar-refractivity contribution < 1.29 is 19.1 Å². The van der Waals surface area contributed by atoms with Crippen LogP contribution in [0.2, 0.25) is 0 Å². The first-order chi connectivity index (χ1) is 12.9. The van der Waals surface area contributed by atoms with Crippen LogP contribution < -0.4 is 19.7 Å². The maximum Gasteiger partial charge on any atom is 0.244 e. The minimum Gasteiger partial charge on any atom is -0.493 e. The molecule has 1 aromatic carbocycles. The predicted octanol–water partition coefficient (Wildman–Crippen LogP) is 2.79. The van der Waals surface area contributed by atoms with Crippen LogP contribution in [0.3, 0.4) is 0 Å². The molecule has 2 amide bonds. The normalized spacial score (nSPS) is 13.2. The lowest BCUT2D eigenvalue weighted by molar-refractivity contribution is -0.120. The number of anilines is 2. The number of thioether (sulfide) groups is 1. The number of pyridine rings is 1. The SMILES string of the molecule is COc1ccc(NC(=O)CN2C(=O)CSc3nc(C)cc(C)c32)cc1OC. The summed E-state index contributed by atoms with van der Waals surface area (Å²) in [6.45, 7) is 3.76. The van der Waals surface area contributed by atoms with Crippen molar-refractivity contribution in [1.82, 2.24) is 4.98 Å². The number of hydrogen-bond donors (Lipinski definition) is 1. The second kappa shape index (κ2) is 7.87. The number of methoxy groups -OCH3 is 2. The zero-order chi connectivity index (χ0) is 19.6. The van der Waals surface area contributed by atoms with Gasteiger partial charge in [-0.25, -0.2) is 4.98 Å². The molecule has 1 N–H and O–H groups in total. The number of carbonyl (C=O) groups is 2. The van der Waals surface area contributed by atoms with Gasteiger partial charge < -0.3 is 14.8 Å². The third-order valence-electron chi connectivity index (χ3n) is 4.15. The molecule has 27 heavy (non-hydrogen) atoms. The molecule has 8 heteroatoms. The van der Waals surface area contributed by atoms with E-state index in [9.17, 15) is 9.59 Å². The lowest BCUT2D eigenvalue weighted by atomic mass is 10.2. The van der Waals surface area contributed by atoms with E-state index in [0.29, 0.717) is 22.9 Å². The first-order valence-electron chi connectivity index (χ1n) is 8.36. The maximum atomic E-state index is 12.6. The molecule has 0 aliphatic carbocycles. The molecule has 1 aliphatic rings. The number of aryl methyl sites for hydroxylation is 2. The minimum absolute atomic E-state index is 0.0771. The van der Waals surface area contributed by atoms with Crippen LogP contribution in [-0.4, -0.2) is 43.3 Å². The number of ether oxygens (including phenoxy) is 2. The second-order valence-electron chi connectivity index (χ2n) is 6.12. The summed E-state index contributed by atoms with van der Waals surface area (Å²) < 4.78 is 10.4. The number of fused-ring (bicyclic) bond motifs is 1. The van der Waals surface area contributed by atoms with Gasteiger partial charge in [0.15, 0.2) is 11.5 Å². The van der Waals surface area contributed by atoms with Crippen LogP contribution in [0.25, 0.3) is 0 Å². The quantitative estimate of drug-likeness (QED) is 0.850. The summed E-state index contributed by atoms with van der Waals surface area (Å²) >= 11 is 1.40. The summed E-state index contributed by atoms with van der Waals surface area (Å²) in [6, 6.07) is 7.02. The van der Waals surface area contributed by atoms with E-state index in [2.05, 4.69) is 10.3 Å². The van der Waals surface area contributed by atoms with Crippen molar-refractivity contribution >= 4 is 35.0 Å². The molecule has 0 unspecified atom stereocenters. The van der Waals surface area contributed by atoms with Crippen LogP contribution in [0.4, 0.5) is 11.4 Å². The number of benzene rings is 1. The molecule has 0 saturated carbocycles. The van der Waals surface area contributed by atoms with E-state index in [-0.39, 0.29) is 24.1 Å². The summed E-state index contributed by atoms with van der Waals surface area (Å²) in [5.41, 5.74) is 3.10. The van der Waals surface area contributed by atoms with Crippen LogP contribution in [0.15, 0.2) is 29.3 Å². The van der Waals surface area contributed by atoms with Crippen LogP contribution in [0, 0.1) is 13.8 Å². The molecule has 0 spiro atoms. The van der Waals surface area contributed by atoms with E-state index < -0.39 is 0 Å². The van der Waals surface area contributed by atoms with Gasteiger partial charge in [0.05, 0.1) is 25.7 Å². The molecule has 1 aliphatic heterocycles. The number of rotatable bonds is 5. The summed E-state index contributed by atoms with van der Waals surface area (Å²) in [6.07, 6.45) is 0. The molecule has 2 aromatic rings. The Hall–Kier alpha value is -2.74. The van der Waals surface area contributed by atoms with Crippen molar-refractivity contribution in [3.05, 3.63) is 35.5 Å². The molecule has 7 nitrogen and oxygen atoms in total. The van der Waals surface area contributed by atoms with Gasteiger partial charge in [-0.3, -0.25) is 14.5 Å². The summed E-state index contributed by atoms with van der Waals surface area (Å²) in [7, 11) is 3.08. The number of hydrogen-bond acceptors (Lipinski definition) is 6. The Morgan fingerprint density at radius 3 is 2.67 bits per heavy atom. The lowest BCUT2D eigenvalue weighted by Gasteiger charge is -2.29. The van der Waals surface area contributed by atoms with Crippen molar-refractivity contribution in [2.45, 2.75) is 18.9 Å². The number of aromatic nitrogens is 1. The summed E-state index contributed by atoms with van der Waals surface area (Å²) in [5.74, 6) is 0.954. The highest BCUT2D eigenvalue weighted by atomic mass is 32.2. The smallest absolute Gasteiger partial charge is 0.244 e. The van der Waals surface area contributed by atoms with E-state index in [1.165, 1.54) is 23.8 Å². The number of nitrogens with one attached hydrogen (secondary N) is 1. The maximum absolute atomic E-state index is 12.6. The highest BCUT2D eigenvalue weighted by Gasteiger charge is 2.29. The number of carbonyl (C=O) groups excluding carboxylic acids is 2. The highest BCUT2D eigenvalue weighted by Crippen LogP contribution is 2.36. The van der Waals surface area contributed by atoms with Crippen molar-refractivity contribution in [2.75, 3.05) is 36.7 Å². The Morgan fingerprint density at radius 2 is 1.96 bits per heavy atom. The van der Waals surface area contributed by atoms with Crippen molar-refractivity contribution in [3.8, 4) is 11.5 Å². The lowest BCUT2D eigenvalue weighted by Crippen LogP contribution is -2.41. The molecule has 1 aromatic heterocycles. The number of nitrogens with zero attached hydrogens (tertiary/aromatic N) is 2. The monoisotopic (exact) mass is 387 g/mol. The first kappa shape index (κ1) is 19.0. The minimum atomic E-state index is -0.298. The fourth-order valence-electron chi connectivity index (χ4n) is 2.98. The van der Waals surface area contributed by atoms with Gasteiger partial charge in [-0.05, 0) is 37.6 Å². The Morgan fingerprint density at radius 1 is 1.22 bits per heavy atom. The molecule has 0 atom stereocenters. The van der Waals surface area contributed by atoms with Crippen LogP contribution >= 0.6 is 11.8 Å². The fourth-order valence-corrected chi connectivity index (χ4v) is 4.02. The predicted molar refractivity (Wildman–Crippen MR) is 105 cm³/mol. The molecular weight excluding hydrogens is 366 g/mol. The van der Waals surface area contributed by atoms with E-state index >= 15 is 0 Å². The second-order valence-corrected chi connectivity index (χ2v) is 7.08. The van der Waals surface area contributed by atoms with E-state index in [0.717, 1.165) is 16.3 Å². The van der Waals surface area contributed by atoms with Crippen LogP contribution in [0.5, 0.6) is 11.5 Å². The molecular formula is C19H21N3O4S. The van der Waals surface area contributed by atoms with Crippen molar-refractivity contribution in [2.24, 2.45) is 0 Å². The van der Waals surface area contributed by atoms with Gasteiger partial charge >= 0.3 is 0 Å². The van der Waals surface area contributed by atoms with Gasteiger partial charge in [-0.15, -0.1) is 0 Å². The number of amides is 2. The summed E-state index contributed by atoms with van der Waals surface area (Å²) in [5, 5.41) is 3.59. The van der Waals surface area contributed by atoms with Crippen molar-refractivity contribution in [1.29, 1.82) is 0 Å². The zero-order valence-electron chi connectivity index (χ0n) is 15.7. The third-order valence-corrected chi connectivity index (χ3v) is 5.10. The fraction of sp³-hybridized carbons (Fsp3) is 0.316. The van der Waals surface area contributed by atoms with Gasteiger partial charge in [0, 0.05) is 17.4 Å². The topological polar surface area (TPSA) is 80.8 Å². The molecule has 2 heterocycles. The molecule has 0 saturated heterocycles. The van der Waals surface area contributed by atoms with Gasteiger partial charge in [0.25, 0.3) is 0 Å². The highest BCUT2D eigenvalue weighted by molar-refractivity contribution is 8.00. The van der Waals surface area contributed by atoms with Crippen LogP contribution in [0.1, 0.15) is 11.3 Å². The standard InChI is InChI=1S/C19H21N3O4S/c1-11-7-12(2)20-19-18(11)22(17(24)10-27-19)9-16(23)21-13-5-6-14(25-3)15(8-13)26-4/h5-8H,9-10H2,1-4H3,(H,21,23). The zero-order valence-corrected chi connectivity index (χ0v) is 16.5.